The van der Waals surface area contributed by atoms with Gasteiger partial charge >= 0.3 is 0 Å². The van der Waals surface area contributed by atoms with Gasteiger partial charge in [-0.15, -0.1) is 0 Å². The summed E-state index contributed by atoms with van der Waals surface area (Å²) in [7, 11) is 1.71. The van der Waals surface area contributed by atoms with Gasteiger partial charge in [-0.05, 0) is 50.4 Å². The molecule has 7 heteroatoms. The summed E-state index contributed by atoms with van der Waals surface area (Å²) in [6.45, 7) is 3.83. The van der Waals surface area contributed by atoms with Crippen molar-refractivity contribution in [2.45, 2.75) is 25.1 Å². The van der Waals surface area contributed by atoms with Crippen LogP contribution in [0.3, 0.4) is 0 Å². The van der Waals surface area contributed by atoms with Gasteiger partial charge in [0, 0.05) is 6.54 Å². The molecular weight excluding hydrogens is 298 g/mol. The number of rotatable bonds is 4. The molecule has 0 N–H and O–H groups in total. The van der Waals surface area contributed by atoms with Crippen molar-refractivity contribution in [2.75, 3.05) is 13.7 Å². The first kappa shape index (κ1) is 15.9. The van der Waals surface area contributed by atoms with Gasteiger partial charge in [0.2, 0.25) is 5.91 Å². The molecule has 0 saturated carbocycles. The van der Waals surface area contributed by atoms with Gasteiger partial charge in [-0.3, -0.25) is 19.4 Å². The van der Waals surface area contributed by atoms with E-state index in [1.54, 1.807) is 25.8 Å². The standard InChI is InChI=1S/C14H16F2N2O2S/c1-14(2)12(19)18(13(20)21-14)8-17(3)7-9-4-5-10(15)11(16)6-9/h4-6H,7-8H2,1-3H3. The number of imide groups is 1. The second-order valence-corrected chi connectivity index (χ2v) is 7.09. The minimum Gasteiger partial charge on any atom is -0.284 e. The number of carbonyl (C=O) groups is 2. The molecule has 0 aromatic heterocycles. The lowest BCUT2D eigenvalue weighted by molar-refractivity contribution is -0.130. The lowest BCUT2D eigenvalue weighted by atomic mass is 10.2. The van der Waals surface area contributed by atoms with Crippen molar-refractivity contribution < 1.29 is 18.4 Å². The fraction of sp³-hybridized carbons (Fsp3) is 0.429. The van der Waals surface area contributed by atoms with Crippen LogP contribution in [0.1, 0.15) is 19.4 Å². The maximum atomic E-state index is 13.1. The summed E-state index contributed by atoms with van der Waals surface area (Å²) < 4.78 is 25.3. The first-order valence-electron chi connectivity index (χ1n) is 6.38. The Morgan fingerprint density at radius 2 is 1.90 bits per heavy atom. The Morgan fingerprint density at radius 1 is 1.24 bits per heavy atom. The van der Waals surface area contributed by atoms with Crippen LogP contribution in [0, 0.1) is 11.6 Å². The zero-order valence-corrected chi connectivity index (χ0v) is 12.8. The van der Waals surface area contributed by atoms with Gasteiger partial charge in [-0.25, -0.2) is 8.78 Å². The van der Waals surface area contributed by atoms with E-state index < -0.39 is 16.4 Å². The van der Waals surface area contributed by atoms with Crippen molar-refractivity contribution in [3.63, 3.8) is 0 Å². The molecule has 1 aliphatic heterocycles. The maximum absolute atomic E-state index is 13.1. The average Bonchev–Trinajstić information content (AvgIpc) is 2.56. The molecular formula is C14H16F2N2O2S. The Hall–Kier alpha value is -1.47. The molecule has 2 amide bonds. The minimum absolute atomic E-state index is 0.118. The van der Waals surface area contributed by atoms with Crippen LogP contribution in [0.25, 0.3) is 0 Å². The molecule has 1 saturated heterocycles. The monoisotopic (exact) mass is 314 g/mol. The number of hydrogen-bond acceptors (Lipinski definition) is 4. The number of nitrogens with zero attached hydrogens (tertiary/aromatic N) is 2. The van der Waals surface area contributed by atoms with Crippen LogP contribution in [-0.2, 0) is 11.3 Å². The second-order valence-electron chi connectivity index (χ2n) is 5.52. The summed E-state index contributed by atoms with van der Waals surface area (Å²) >= 11 is 0.993. The van der Waals surface area contributed by atoms with Crippen LogP contribution in [0.5, 0.6) is 0 Å². The molecule has 114 valence electrons. The van der Waals surface area contributed by atoms with Crippen molar-refractivity contribution in [1.82, 2.24) is 9.80 Å². The van der Waals surface area contributed by atoms with E-state index in [4.69, 9.17) is 0 Å². The van der Waals surface area contributed by atoms with E-state index in [2.05, 4.69) is 0 Å². The lowest BCUT2D eigenvalue weighted by Crippen LogP contribution is -2.42. The molecule has 0 aliphatic carbocycles. The first-order chi connectivity index (χ1) is 9.70. The van der Waals surface area contributed by atoms with Gasteiger partial charge < -0.3 is 0 Å². The number of hydrogen-bond donors (Lipinski definition) is 0. The van der Waals surface area contributed by atoms with Crippen LogP contribution in [0.4, 0.5) is 13.6 Å². The van der Waals surface area contributed by atoms with Gasteiger partial charge in [-0.1, -0.05) is 6.07 Å². The Kier molecular flexibility index (Phi) is 4.34. The summed E-state index contributed by atoms with van der Waals surface area (Å²) in [5.41, 5.74) is 0.572. The summed E-state index contributed by atoms with van der Waals surface area (Å²) in [5, 5.41) is -0.290. The quantitative estimate of drug-likeness (QED) is 0.857. The van der Waals surface area contributed by atoms with Gasteiger partial charge in [0.25, 0.3) is 5.24 Å². The van der Waals surface area contributed by atoms with Gasteiger partial charge in [0.1, 0.15) is 0 Å². The molecule has 1 aromatic rings. The van der Waals surface area contributed by atoms with Crippen LogP contribution < -0.4 is 0 Å². The molecule has 1 heterocycles. The Bertz CT molecular complexity index is 592. The van der Waals surface area contributed by atoms with Crippen LogP contribution >= 0.6 is 11.8 Å². The molecule has 0 unspecified atom stereocenters. The van der Waals surface area contributed by atoms with Crippen molar-refractivity contribution in [3.05, 3.63) is 35.4 Å². The number of halogens is 2. The molecule has 4 nitrogen and oxygen atoms in total. The molecule has 1 aliphatic rings. The van der Waals surface area contributed by atoms with Crippen molar-refractivity contribution in [3.8, 4) is 0 Å². The topological polar surface area (TPSA) is 40.6 Å². The zero-order valence-electron chi connectivity index (χ0n) is 12.0. The third-order valence-corrected chi connectivity index (χ3v) is 4.22. The van der Waals surface area contributed by atoms with Crippen molar-refractivity contribution >= 4 is 22.9 Å². The Balaban J connectivity index is 2.02. The van der Waals surface area contributed by atoms with E-state index in [0.717, 1.165) is 23.9 Å². The molecule has 0 radical (unpaired) electrons. The predicted octanol–water partition coefficient (Wildman–Crippen LogP) is 2.83. The highest BCUT2D eigenvalue weighted by Crippen LogP contribution is 2.36. The minimum atomic E-state index is -0.911. The first-order valence-corrected chi connectivity index (χ1v) is 7.20. The SMILES string of the molecule is CN(Cc1ccc(F)c(F)c1)CN1C(=O)SC(C)(C)C1=O. The molecule has 21 heavy (non-hydrogen) atoms. The second kappa shape index (κ2) is 5.73. The van der Waals surface area contributed by atoms with Crippen LogP contribution in [-0.4, -0.2) is 39.4 Å². The highest BCUT2D eigenvalue weighted by Gasteiger charge is 2.46. The van der Waals surface area contributed by atoms with E-state index in [9.17, 15) is 18.4 Å². The highest BCUT2D eigenvalue weighted by molar-refractivity contribution is 8.16. The smallest absolute Gasteiger partial charge is 0.284 e. The van der Waals surface area contributed by atoms with Crippen LogP contribution in [0.2, 0.25) is 0 Å². The normalized spacial score (nSPS) is 17.9. The number of benzene rings is 1. The van der Waals surface area contributed by atoms with Crippen molar-refractivity contribution in [1.29, 1.82) is 0 Å². The molecule has 2 rings (SSSR count). The maximum Gasteiger partial charge on any atom is 0.290 e. The molecule has 1 fully saturated rings. The van der Waals surface area contributed by atoms with E-state index >= 15 is 0 Å². The van der Waals surface area contributed by atoms with E-state index in [-0.39, 0.29) is 17.8 Å². The summed E-state index contributed by atoms with van der Waals surface area (Å²) in [6, 6.07) is 3.64. The van der Waals surface area contributed by atoms with E-state index in [0.29, 0.717) is 12.1 Å². The molecule has 0 spiro atoms. The zero-order chi connectivity index (χ0) is 15.8. The number of carbonyl (C=O) groups excluding carboxylic acids is 2. The largest absolute Gasteiger partial charge is 0.290 e. The van der Waals surface area contributed by atoms with E-state index in [1.807, 2.05) is 0 Å². The van der Waals surface area contributed by atoms with Gasteiger partial charge in [0.05, 0.1) is 11.4 Å². The van der Waals surface area contributed by atoms with Crippen molar-refractivity contribution in [2.24, 2.45) is 0 Å². The fourth-order valence-corrected chi connectivity index (χ4v) is 2.97. The summed E-state index contributed by atoms with van der Waals surface area (Å²) in [4.78, 5) is 26.8. The Morgan fingerprint density at radius 3 is 2.43 bits per heavy atom. The molecule has 0 bridgehead atoms. The predicted molar refractivity (Wildman–Crippen MR) is 76.6 cm³/mol. The highest BCUT2D eigenvalue weighted by atomic mass is 32.2. The third kappa shape index (κ3) is 3.41. The van der Waals surface area contributed by atoms with Gasteiger partial charge in [-0.2, -0.15) is 0 Å². The third-order valence-electron chi connectivity index (χ3n) is 3.14. The number of thioether (sulfide) groups is 1. The molecule has 1 aromatic carbocycles. The Labute approximate surface area is 126 Å². The number of amides is 2. The van der Waals surface area contributed by atoms with Crippen LogP contribution in [0.15, 0.2) is 18.2 Å². The fourth-order valence-electron chi connectivity index (χ4n) is 2.09. The lowest BCUT2D eigenvalue weighted by Gasteiger charge is -2.23. The molecule has 0 atom stereocenters. The van der Waals surface area contributed by atoms with E-state index in [1.165, 1.54) is 11.0 Å². The summed E-state index contributed by atoms with van der Waals surface area (Å²) in [5.74, 6) is -2.05. The average molecular weight is 314 g/mol. The summed E-state index contributed by atoms with van der Waals surface area (Å²) in [6.07, 6.45) is 0. The van der Waals surface area contributed by atoms with Gasteiger partial charge in [0.15, 0.2) is 11.6 Å².